The third kappa shape index (κ3) is 2.53. The number of nitrogens with zero attached hydrogens (tertiary/aromatic N) is 1. The van der Waals surface area contributed by atoms with E-state index in [2.05, 4.69) is 5.32 Å². The highest BCUT2D eigenvalue weighted by Crippen LogP contribution is 2.18. The van der Waals surface area contributed by atoms with E-state index >= 15 is 0 Å². The number of benzene rings is 1. The molecule has 2 rings (SSSR count). The number of hydrogen-bond donors (Lipinski definition) is 3. The van der Waals surface area contributed by atoms with Crippen LogP contribution in [0.15, 0.2) is 18.2 Å². The molecule has 0 unspecified atom stereocenters. The van der Waals surface area contributed by atoms with E-state index in [4.69, 9.17) is 11.5 Å². The standard InChI is InChI=1S/C12H16N4O2/c13-8-1-2-9(10(14)7-8)12(18)16-5-3-11(17)15-4-6-16/h1-2,7H,3-6,13-14H2,(H,15,17). The largest absolute Gasteiger partial charge is 0.399 e. The smallest absolute Gasteiger partial charge is 0.256 e. The van der Waals surface area contributed by atoms with E-state index in [1.165, 1.54) is 0 Å². The van der Waals surface area contributed by atoms with Crippen molar-refractivity contribution in [3.63, 3.8) is 0 Å². The molecule has 18 heavy (non-hydrogen) atoms. The SMILES string of the molecule is Nc1ccc(C(=O)N2CCNC(=O)CC2)c(N)c1. The van der Waals surface area contributed by atoms with Gasteiger partial charge in [-0.15, -0.1) is 0 Å². The van der Waals surface area contributed by atoms with Gasteiger partial charge in [-0.2, -0.15) is 0 Å². The van der Waals surface area contributed by atoms with E-state index in [-0.39, 0.29) is 11.8 Å². The monoisotopic (exact) mass is 248 g/mol. The molecule has 0 saturated carbocycles. The number of rotatable bonds is 1. The second kappa shape index (κ2) is 4.95. The zero-order valence-corrected chi connectivity index (χ0v) is 9.98. The molecule has 1 aliphatic heterocycles. The zero-order chi connectivity index (χ0) is 13.1. The molecule has 0 atom stereocenters. The number of nitrogens with two attached hydrogens (primary N) is 2. The molecule has 2 amide bonds. The maximum absolute atomic E-state index is 12.3. The molecule has 0 radical (unpaired) electrons. The summed E-state index contributed by atoms with van der Waals surface area (Å²) < 4.78 is 0. The molecule has 1 aliphatic rings. The molecule has 6 nitrogen and oxygen atoms in total. The Hall–Kier alpha value is -2.24. The first-order valence-electron chi connectivity index (χ1n) is 5.79. The van der Waals surface area contributed by atoms with Gasteiger partial charge in [0.25, 0.3) is 5.91 Å². The Morgan fingerprint density at radius 3 is 2.78 bits per heavy atom. The molecular weight excluding hydrogens is 232 g/mol. The van der Waals surface area contributed by atoms with Crippen LogP contribution in [0.5, 0.6) is 0 Å². The Morgan fingerprint density at radius 2 is 2.06 bits per heavy atom. The number of carbonyl (C=O) groups excluding carboxylic acids is 2. The number of amides is 2. The van der Waals surface area contributed by atoms with Gasteiger partial charge in [0.05, 0.1) is 5.56 Å². The van der Waals surface area contributed by atoms with Crippen LogP contribution in [0.1, 0.15) is 16.8 Å². The Bertz CT molecular complexity index is 487. The average molecular weight is 248 g/mol. The second-order valence-electron chi connectivity index (χ2n) is 4.24. The predicted molar refractivity (Wildman–Crippen MR) is 68.8 cm³/mol. The van der Waals surface area contributed by atoms with Crippen molar-refractivity contribution < 1.29 is 9.59 Å². The van der Waals surface area contributed by atoms with Crippen molar-refractivity contribution in [2.24, 2.45) is 0 Å². The van der Waals surface area contributed by atoms with E-state index < -0.39 is 0 Å². The molecule has 5 N–H and O–H groups in total. The summed E-state index contributed by atoms with van der Waals surface area (Å²) in [5.74, 6) is -0.195. The molecule has 1 aromatic carbocycles. The Kier molecular flexibility index (Phi) is 3.36. The van der Waals surface area contributed by atoms with Crippen LogP contribution in [-0.2, 0) is 4.79 Å². The lowest BCUT2D eigenvalue weighted by molar-refractivity contribution is -0.120. The molecule has 0 bridgehead atoms. The molecule has 0 spiro atoms. The van der Waals surface area contributed by atoms with Crippen LogP contribution in [0.25, 0.3) is 0 Å². The van der Waals surface area contributed by atoms with Crippen molar-refractivity contribution >= 4 is 23.2 Å². The number of hydrogen-bond acceptors (Lipinski definition) is 4. The lowest BCUT2D eigenvalue weighted by atomic mass is 10.1. The minimum atomic E-state index is -0.163. The fourth-order valence-electron chi connectivity index (χ4n) is 1.92. The van der Waals surface area contributed by atoms with Crippen molar-refractivity contribution in [2.45, 2.75) is 6.42 Å². The Labute approximate surface area is 105 Å². The highest BCUT2D eigenvalue weighted by molar-refractivity contribution is 6.00. The van der Waals surface area contributed by atoms with Gasteiger partial charge < -0.3 is 21.7 Å². The van der Waals surface area contributed by atoms with Crippen LogP contribution >= 0.6 is 0 Å². The molecular formula is C12H16N4O2. The van der Waals surface area contributed by atoms with Gasteiger partial charge in [0.15, 0.2) is 0 Å². The van der Waals surface area contributed by atoms with Crippen molar-refractivity contribution in [1.29, 1.82) is 0 Å². The third-order valence-electron chi connectivity index (χ3n) is 2.91. The maximum Gasteiger partial charge on any atom is 0.256 e. The fraction of sp³-hybridized carbons (Fsp3) is 0.333. The van der Waals surface area contributed by atoms with Crippen molar-refractivity contribution in [1.82, 2.24) is 10.2 Å². The van der Waals surface area contributed by atoms with Crippen molar-refractivity contribution in [3.8, 4) is 0 Å². The second-order valence-corrected chi connectivity index (χ2v) is 4.24. The minimum absolute atomic E-state index is 0.0319. The van der Waals surface area contributed by atoms with Crippen molar-refractivity contribution in [3.05, 3.63) is 23.8 Å². The first kappa shape index (κ1) is 12.2. The highest BCUT2D eigenvalue weighted by atomic mass is 16.2. The van der Waals surface area contributed by atoms with Crippen LogP contribution < -0.4 is 16.8 Å². The van der Waals surface area contributed by atoms with Crippen LogP contribution in [-0.4, -0.2) is 36.3 Å². The van der Waals surface area contributed by atoms with Gasteiger partial charge in [0.1, 0.15) is 0 Å². The summed E-state index contributed by atoms with van der Waals surface area (Å²) in [6.07, 6.45) is 0.320. The van der Waals surface area contributed by atoms with Gasteiger partial charge in [0.2, 0.25) is 5.91 Å². The molecule has 96 valence electrons. The normalized spacial score (nSPS) is 16.0. The van der Waals surface area contributed by atoms with Gasteiger partial charge in [-0.05, 0) is 18.2 Å². The molecule has 1 heterocycles. The predicted octanol–water partition coefficient (Wildman–Crippen LogP) is -0.187. The zero-order valence-electron chi connectivity index (χ0n) is 9.98. The summed E-state index contributed by atoms with van der Waals surface area (Å²) in [4.78, 5) is 25.1. The molecule has 6 heteroatoms. The van der Waals surface area contributed by atoms with E-state index in [9.17, 15) is 9.59 Å². The van der Waals surface area contributed by atoms with Crippen molar-refractivity contribution in [2.75, 3.05) is 31.1 Å². The molecule has 1 saturated heterocycles. The van der Waals surface area contributed by atoms with E-state index in [0.29, 0.717) is 43.0 Å². The van der Waals surface area contributed by atoms with Gasteiger partial charge >= 0.3 is 0 Å². The summed E-state index contributed by atoms with van der Waals surface area (Å²) in [6, 6.07) is 4.83. The number of nitrogens with one attached hydrogen (secondary N) is 1. The Balaban J connectivity index is 2.17. The summed E-state index contributed by atoms with van der Waals surface area (Å²) in [7, 11) is 0. The van der Waals surface area contributed by atoms with E-state index in [0.717, 1.165) is 0 Å². The summed E-state index contributed by atoms with van der Waals surface area (Å²) in [5, 5.41) is 2.72. The average Bonchev–Trinajstić information content (AvgIpc) is 2.53. The molecule has 1 aromatic rings. The first-order chi connectivity index (χ1) is 8.58. The number of nitrogen functional groups attached to an aromatic ring is 2. The topological polar surface area (TPSA) is 101 Å². The molecule has 0 aliphatic carbocycles. The molecule has 1 fully saturated rings. The number of carbonyl (C=O) groups is 2. The lowest BCUT2D eigenvalue weighted by Gasteiger charge is -2.20. The van der Waals surface area contributed by atoms with Gasteiger partial charge in [0, 0.05) is 37.4 Å². The molecule has 0 aromatic heterocycles. The third-order valence-corrected chi connectivity index (χ3v) is 2.91. The summed E-state index contributed by atoms with van der Waals surface area (Å²) >= 11 is 0. The van der Waals surface area contributed by atoms with Crippen LogP contribution in [0.2, 0.25) is 0 Å². The summed E-state index contributed by atoms with van der Waals surface area (Å²) in [6.45, 7) is 1.38. The maximum atomic E-state index is 12.3. The minimum Gasteiger partial charge on any atom is -0.399 e. The summed E-state index contributed by atoms with van der Waals surface area (Å²) in [5.41, 5.74) is 12.7. The Morgan fingerprint density at radius 1 is 1.28 bits per heavy atom. The van der Waals surface area contributed by atoms with Crippen LogP contribution in [0.3, 0.4) is 0 Å². The van der Waals surface area contributed by atoms with Gasteiger partial charge in [-0.3, -0.25) is 9.59 Å². The van der Waals surface area contributed by atoms with Crippen LogP contribution in [0, 0.1) is 0 Å². The highest BCUT2D eigenvalue weighted by Gasteiger charge is 2.21. The van der Waals surface area contributed by atoms with Gasteiger partial charge in [-0.25, -0.2) is 0 Å². The lowest BCUT2D eigenvalue weighted by Crippen LogP contribution is -2.34. The number of anilines is 2. The van der Waals surface area contributed by atoms with Crippen LogP contribution in [0.4, 0.5) is 11.4 Å². The van der Waals surface area contributed by atoms with E-state index in [1.807, 2.05) is 0 Å². The van der Waals surface area contributed by atoms with E-state index in [1.54, 1.807) is 23.1 Å². The van der Waals surface area contributed by atoms with Gasteiger partial charge in [-0.1, -0.05) is 0 Å². The fourth-order valence-corrected chi connectivity index (χ4v) is 1.92. The first-order valence-corrected chi connectivity index (χ1v) is 5.79. The quantitative estimate of drug-likeness (QED) is 0.600.